The Bertz CT molecular complexity index is 1670. The molecule has 44 heavy (non-hydrogen) atoms. The van der Waals surface area contributed by atoms with E-state index in [0.29, 0.717) is 31.4 Å². The highest BCUT2D eigenvalue weighted by Crippen LogP contribution is 2.40. The Labute approximate surface area is 264 Å². The minimum absolute atomic E-state index is 0.000772. The summed E-state index contributed by atoms with van der Waals surface area (Å²) in [6.45, 7) is 5.59. The average molecular weight is 642 g/mol. The Morgan fingerprint density at radius 2 is 1.70 bits per heavy atom. The molecular weight excluding hydrogens is 608 g/mol. The summed E-state index contributed by atoms with van der Waals surface area (Å²) in [5.74, 6) is -1.15. The highest BCUT2D eigenvalue weighted by molar-refractivity contribution is 7.21. The Morgan fingerprint density at radius 3 is 2.34 bits per heavy atom. The van der Waals surface area contributed by atoms with E-state index < -0.39 is 29.2 Å². The number of thiophene rings is 1. The summed E-state index contributed by atoms with van der Waals surface area (Å²) in [7, 11) is 1.57. The Balaban J connectivity index is 1.47. The zero-order valence-corrected chi connectivity index (χ0v) is 26.5. The third-order valence-corrected chi connectivity index (χ3v) is 9.31. The predicted octanol–water partition coefficient (Wildman–Crippen LogP) is 8.38. The standard InChI is InChI=1S/C33H34ClF2N3O4S/c1-33(2,3)43-32(41)38-22-6-8-23(9-7-22)39(31(40)30-28(34)27-24(35)10-11-25(36)29(27)44-30)18-21-17-20(5-12-26(21)42-4)19-13-15-37-16-14-19/h5,10-17,22-23H,6-9,18H2,1-4H3,(H,38,41). The number of halogens is 3. The van der Waals surface area contributed by atoms with Gasteiger partial charge in [-0.25, -0.2) is 13.6 Å². The molecule has 1 N–H and O–H groups in total. The first-order valence-electron chi connectivity index (χ1n) is 14.4. The second-order valence-electron chi connectivity index (χ2n) is 11.8. The number of hydrogen-bond acceptors (Lipinski definition) is 6. The normalized spacial score (nSPS) is 16.9. The summed E-state index contributed by atoms with van der Waals surface area (Å²) in [6, 6.07) is 11.2. The monoisotopic (exact) mass is 641 g/mol. The fourth-order valence-electron chi connectivity index (χ4n) is 5.55. The van der Waals surface area contributed by atoms with Crippen LogP contribution in [0.2, 0.25) is 5.02 Å². The van der Waals surface area contributed by atoms with Crippen molar-refractivity contribution in [2.24, 2.45) is 0 Å². The average Bonchev–Trinajstić information content (AvgIpc) is 3.35. The predicted molar refractivity (Wildman–Crippen MR) is 168 cm³/mol. The molecule has 11 heteroatoms. The van der Waals surface area contributed by atoms with Crippen molar-refractivity contribution in [1.82, 2.24) is 15.2 Å². The summed E-state index contributed by atoms with van der Waals surface area (Å²) in [4.78, 5) is 32.6. The first-order valence-corrected chi connectivity index (χ1v) is 15.6. The van der Waals surface area contributed by atoms with E-state index >= 15 is 0 Å². The molecule has 4 aromatic rings. The topological polar surface area (TPSA) is 80.8 Å². The van der Waals surface area contributed by atoms with Crippen molar-refractivity contribution in [2.45, 2.75) is 70.7 Å². The van der Waals surface area contributed by atoms with Gasteiger partial charge in [-0.2, -0.15) is 0 Å². The van der Waals surface area contributed by atoms with Gasteiger partial charge in [0.25, 0.3) is 5.91 Å². The van der Waals surface area contributed by atoms with E-state index in [-0.39, 0.29) is 38.6 Å². The number of pyridine rings is 1. The van der Waals surface area contributed by atoms with Crippen molar-refractivity contribution in [3.8, 4) is 16.9 Å². The highest BCUT2D eigenvalue weighted by atomic mass is 35.5. The van der Waals surface area contributed by atoms with Crippen LogP contribution in [0.25, 0.3) is 21.2 Å². The summed E-state index contributed by atoms with van der Waals surface area (Å²) < 4.78 is 40.5. The molecule has 7 nitrogen and oxygen atoms in total. The number of alkyl carbamates (subject to hydrolysis) is 1. The Kier molecular flexibility index (Phi) is 9.41. The lowest BCUT2D eigenvalue weighted by Crippen LogP contribution is -2.46. The van der Waals surface area contributed by atoms with E-state index in [4.69, 9.17) is 21.1 Å². The minimum atomic E-state index is -0.686. The molecule has 2 aromatic carbocycles. The third kappa shape index (κ3) is 6.97. The van der Waals surface area contributed by atoms with Gasteiger partial charge in [0.1, 0.15) is 27.9 Å². The summed E-state index contributed by atoms with van der Waals surface area (Å²) in [5.41, 5.74) is 2.02. The number of nitrogens with one attached hydrogen (secondary N) is 1. The number of aromatic nitrogens is 1. The maximum atomic E-state index is 14.7. The number of hydrogen-bond donors (Lipinski definition) is 1. The van der Waals surface area contributed by atoms with E-state index in [0.717, 1.165) is 40.2 Å². The number of nitrogens with zero attached hydrogens (tertiary/aromatic N) is 2. The first kappa shape index (κ1) is 31.7. The maximum Gasteiger partial charge on any atom is 0.407 e. The van der Waals surface area contributed by atoms with Gasteiger partial charge in [-0.15, -0.1) is 11.3 Å². The second kappa shape index (κ2) is 13.1. The largest absolute Gasteiger partial charge is 0.496 e. The fraction of sp³-hybridized carbons (Fsp3) is 0.364. The molecule has 1 aliphatic carbocycles. The van der Waals surface area contributed by atoms with Crippen molar-refractivity contribution < 1.29 is 27.8 Å². The molecule has 0 radical (unpaired) electrons. The van der Waals surface area contributed by atoms with Gasteiger partial charge in [-0.05, 0) is 94.0 Å². The second-order valence-corrected chi connectivity index (χ2v) is 13.2. The summed E-state index contributed by atoms with van der Waals surface area (Å²) in [5, 5.41) is 2.74. The van der Waals surface area contributed by atoms with E-state index in [9.17, 15) is 18.4 Å². The number of rotatable bonds is 7. The molecule has 2 heterocycles. The lowest BCUT2D eigenvalue weighted by Gasteiger charge is -2.37. The van der Waals surface area contributed by atoms with Gasteiger partial charge in [0.15, 0.2) is 0 Å². The molecule has 0 bridgehead atoms. The van der Waals surface area contributed by atoms with Crippen LogP contribution in [0, 0.1) is 11.6 Å². The maximum absolute atomic E-state index is 14.7. The van der Waals surface area contributed by atoms with Crippen molar-refractivity contribution >= 4 is 45.0 Å². The molecule has 1 aliphatic rings. The van der Waals surface area contributed by atoms with Crippen LogP contribution >= 0.6 is 22.9 Å². The molecule has 0 aliphatic heterocycles. The van der Waals surface area contributed by atoms with Gasteiger partial charge in [-0.1, -0.05) is 17.7 Å². The number of benzene rings is 2. The number of carbonyl (C=O) groups excluding carboxylic acids is 2. The first-order chi connectivity index (χ1) is 20.9. The SMILES string of the molecule is COc1ccc(-c2ccncc2)cc1CN(C(=O)c1sc2c(F)ccc(F)c2c1Cl)C1CCC(NC(=O)OC(C)(C)C)CC1. The third-order valence-electron chi connectivity index (χ3n) is 7.63. The molecule has 2 amide bonds. The van der Waals surface area contributed by atoms with Gasteiger partial charge in [0.05, 0.1) is 22.2 Å². The molecule has 1 fully saturated rings. The zero-order valence-electron chi connectivity index (χ0n) is 25.0. The smallest absolute Gasteiger partial charge is 0.407 e. The summed E-state index contributed by atoms with van der Waals surface area (Å²) >= 11 is 7.43. The van der Waals surface area contributed by atoms with E-state index in [1.165, 1.54) is 0 Å². The number of amides is 2. The van der Waals surface area contributed by atoms with Crippen LogP contribution in [-0.2, 0) is 11.3 Å². The van der Waals surface area contributed by atoms with Crippen LogP contribution in [0.15, 0.2) is 54.9 Å². The molecule has 232 valence electrons. The molecule has 0 saturated heterocycles. The molecule has 1 saturated carbocycles. The van der Waals surface area contributed by atoms with Crippen LogP contribution in [0.1, 0.15) is 61.7 Å². The molecule has 0 spiro atoms. The number of fused-ring (bicyclic) bond motifs is 1. The van der Waals surface area contributed by atoms with Gasteiger partial charge in [-0.3, -0.25) is 9.78 Å². The highest BCUT2D eigenvalue weighted by Gasteiger charge is 2.34. The van der Waals surface area contributed by atoms with Crippen LogP contribution < -0.4 is 10.1 Å². The lowest BCUT2D eigenvalue weighted by molar-refractivity contribution is 0.0453. The summed E-state index contributed by atoms with van der Waals surface area (Å²) in [6.07, 6.45) is 5.35. The number of ether oxygens (including phenoxy) is 2. The molecular formula is C33H34ClF2N3O4S. The van der Waals surface area contributed by atoms with Gasteiger partial charge in [0, 0.05) is 36.6 Å². The molecule has 2 aromatic heterocycles. The fourth-order valence-corrected chi connectivity index (χ4v) is 7.05. The van der Waals surface area contributed by atoms with Gasteiger partial charge in [0.2, 0.25) is 0 Å². The van der Waals surface area contributed by atoms with Crippen molar-refractivity contribution in [1.29, 1.82) is 0 Å². The van der Waals surface area contributed by atoms with Gasteiger partial charge >= 0.3 is 6.09 Å². The zero-order chi connectivity index (χ0) is 31.6. The lowest BCUT2D eigenvalue weighted by atomic mass is 9.89. The van der Waals surface area contributed by atoms with Crippen LogP contribution in [0.3, 0.4) is 0 Å². The molecule has 5 rings (SSSR count). The molecule has 0 unspecified atom stereocenters. The quantitative estimate of drug-likeness (QED) is 0.219. The van der Waals surface area contributed by atoms with Crippen LogP contribution in [0.5, 0.6) is 5.75 Å². The van der Waals surface area contributed by atoms with E-state index in [2.05, 4.69) is 10.3 Å². The van der Waals surface area contributed by atoms with Crippen molar-refractivity contribution in [2.75, 3.05) is 7.11 Å². The molecule has 0 atom stereocenters. The van der Waals surface area contributed by atoms with E-state index in [1.54, 1.807) is 24.4 Å². The van der Waals surface area contributed by atoms with Crippen molar-refractivity contribution in [3.63, 3.8) is 0 Å². The Hall–Kier alpha value is -3.76. The van der Waals surface area contributed by atoms with Crippen molar-refractivity contribution in [3.05, 3.63) is 82.0 Å². The Morgan fingerprint density at radius 1 is 1.02 bits per heavy atom. The van der Waals surface area contributed by atoms with Gasteiger partial charge < -0.3 is 19.7 Å². The van der Waals surface area contributed by atoms with Crippen LogP contribution in [0.4, 0.5) is 13.6 Å². The van der Waals surface area contributed by atoms with Crippen LogP contribution in [-0.4, -0.2) is 46.7 Å². The number of methoxy groups -OCH3 is 1. The minimum Gasteiger partial charge on any atom is -0.496 e. The van der Waals surface area contributed by atoms with E-state index in [1.807, 2.05) is 51.1 Å². The number of carbonyl (C=O) groups is 2.